The monoisotopic (exact) mass is 135 g/mol. The number of hydrogen-bond acceptors (Lipinski definition) is 2. The van der Waals surface area contributed by atoms with Gasteiger partial charge in [-0.05, 0) is 12.2 Å². The Labute approximate surface area is 88.9 Å². The molecule has 0 unspecified atom stereocenters. The van der Waals surface area contributed by atoms with E-state index in [2.05, 4.69) is 5.32 Å². The van der Waals surface area contributed by atoms with Gasteiger partial charge in [-0.25, -0.2) is 0 Å². The topological polar surface area (TPSA) is 48.2 Å². The Morgan fingerprint density at radius 3 is 1.62 bits per heavy atom. The number of rotatable bonds is 0. The number of hydrogen-bond donors (Lipinski definition) is 0. The fourth-order valence-corrected chi connectivity index (χ4v) is 0.326. The number of nitrogens with zero attached hydrogens (tertiary/aromatic N) is 1. The van der Waals surface area contributed by atoms with Crippen LogP contribution in [0.1, 0.15) is 0 Å². The van der Waals surface area contributed by atoms with E-state index in [9.17, 15) is 9.59 Å². The zero-order chi connectivity index (χ0) is 5.28. The van der Waals surface area contributed by atoms with E-state index in [-0.39, 0.29) is 51.4 Å². The molecule has 8 heavy (non-hydrogen) atoms. The molecule has 1 rings (SSSR count). The molecule has 4 heteroatoms. The normalized spacial score (nSPS) is 15.5. The van der Waals surface area contributed by atoms with Crippen molar-refractivity contribution in [3.63, 3.8) is 0 Å². The first kappa shape index (κ1) is 8.52. The Morgan fingerprint density at radius 1 is 1.12 bits per heavy atom. The van der Waals surface area contributed by atoms with Crippen molar-refractivity contribution in [3.05, 3.63) is 17.5 Å². The Hall–Kier alpha value is 0.516. The molecule has 1 aliphatic rings. The van der Waals surface area contributed by atoms with Crippen LogP contribution < -0.4 is 51.4 Å². The van der Waals surface area contributed by atoms with E-state index in [4.69, 9.17) is 0 Å². The van der Waals surface area contributed by atoms with Crippen LogP contribution in [0.2, 0.25) is 0 Å². The van der Waals surface area contributed by atoms with Crippen LogP contribution in [0.3, 0.4) is 0 Å². The molecule has 0 aliphatic carbocycles. The average molecular weight is 135 g/mol. The molecule has 0 aromatic carbocycles. The second-order valence-electron chi connectivity index (χ2n) is 1.12. The largest absolute Gasteiger partial charge is 1.00 e. The molecule has 0 radical (unpaired) electrons. The predicted octanol–water partition coefficient (Wildman–Crippen LogP) is -3.01. The fourth-order valence-electron chi connectivity index (χ4n) is 0.326. The minimum absolute atomic E-state index is 0. The van der Waals surface area contributed by atoms with Crippen LogP contribution in [0.25, 0.3) is 5.32 Å². The second-order valence-corrected chi connectivity index (χ2v) is 1.12. The molecule has 2 amide bonds. The van der Waals surface area contributed by atoms with Crippen molar-refractivity contribution >= 4 is 11.8 Å². The summed E-state index contributed by atoms with van der Waals surface area (Å²) in [5, 5.41) is 3.00. The van der Waals surface area contributed by atoms with Crippen LogP contribution in [-0.2, 0) is 9.59 Å². The first-order valence-corrected chi connectivity index (χ1v) is 1.77. The van der Waals surface area contributed by atoms with Gasteiger partial charge < -0.3 is 14.9 Å². The molecule has 1 heterocycles. The molecule has 0 N–H and O–H groups in total. The summed E-state index contributed by atoms with van der Waals surface area (Å²) in [5.41, 5.74) is 0. The van der Waals surface area contributed by atoms with Gasteiger partial charge in [-0.3, -0.25) is 0 Å². The Bertz CT molecular complexity index is 136. The molecular weight excluding hydrogens is 133 g/mol. The van der Waals surface area contributed by atoms with Gasteiger partial charge in [-0.2, -0.15) is 0 Å². The maximum absolute atomic E-state index is 9.98. The van der Waals surface area contributed by atoms with Gasteiger partial charge >= 0.3 is 51.4 Å². The first-order chi connectivity index (χ1) is 3.29. The Kier molecular flexibility index (Phi) is 3.75. The smallest absolute Gasteiger partial charge is 0.589 e. The molecule has 0 aromatic rings. The molecule has 0 saturated carbocycles. The molecular formula is C4H2KNO2. The van der Waals surface area contributed by atoms with Crippen LogP contribution in [0.5, 0.6) is 0 Å². The quantitative estimate of drug-likeness (QED) is 0.262. The number of carbonyl (C=O) groups is 2. The number of carbonyl (C=O) groups excluding carboxylic acids is 2. The summed E-state index contributed by atoms with van der Waals surface area (Å²) in [6.45, 7) is 0. The summed E-state index contributed by atoms with van der Waals surface area (Å²) in [7, 11) is 0. The third-order valence-corrected chi connectivity index (χ3v) is 0.589. The average Bonchev–Trinajstić information content (AvgIpc) is 1.87. The Balaban J connectivity index is 0.000000490. The van der Waals surface area contributed by atoms with Crippen molar-refractivity contribution in [1.82, 2.24) is 0 Å². The van der Waals surface area contributed by atoms with Gasteiger partial charge in [0, 0.05) is 0 Å². The minimum Gasteiger partial charge on any atom is -0.589 e. The minimum atomic E-state index is -0.454. The van der Waals surface area contributed by atoms with Gasteiger partial charge in [0.2, 0.25) is 0 Å². The molecule has 0 spiro atoms. The molecule has 0 bridgehead atoms. The predicted molar refractivity (Wildman–Crippen MR) is 22.5 cm³/mol. The van der Waals surface area contributed by atoms with E-state index in [0.717, 1.165) is 12.2 Å². The van der Waals surface area contributed by atoms with E-state index in [1.165, 1.54) is 0 Å². The summed E-state index contributed by atoms with van der Waals surface area (Å²) in [6, 6.07) is 0. The summed E-state index contributed by atoms with van der Waals surface area (Å²) < 4.78 is 0. The summed E-state index contributed by atoms with van der Waals surface area (Å²) in [6.07, 6.45) is 2.28. The van der Waals surface area contributed by atoms with Crippen LogP contribution in [0.15, 0.2) is 12.2 Å². The van der Waals surface area contributed by atoms with Crippen LogP contribution in [0, 0.1) is 0 Å². The maximum Gasteiger partial charge on any atom is 1.00 e. The zero-order valence-corrected chi connectivity index (χ0v) is 7.54. The fraction of sp³-hybridized carbons (Fsp3) is 0. The van der Waals surface area contributed by atoms with Gasteiger partial charge in [0.05, 0.1) is 11.8 Å². The summed E-state index contributed by atoms with van der Waals surface area (Å²) in [5.74, 6) is -0.907. The SMILES string of the molecule is O=C1C=CC(=O)[N-]1.[K+]. The maximum atomic E-state index is 9.98. The molecule has 1 aliphatic heterocycles. The van der Waals surface area contributed by atoms with Gasteiger partial charge in [0.25, 0.3) is 0 Å². The third-order valence-electron chi connectivity index (χ3n) is 0.589. The van der Waals surface area contributed by atoms with Gasteiger partial charge in [0.15, 0.2) is 0 Å². The summed E-state index contributed by atoms with van der Waals surface area (Å²) >= 11 is 0. The number of amides is 2. The van der Waals surface area contributed by atoms with Crippen molar-refractivity contribution in [1.29, 1.82) is 0 Å². The molecule has 0 fully saturated rings. The van der Waals surface area contributed by atoms with Gasteiger partial charge in [-0.1, -0.05) is 0 Å². The summed E-state index contributed by atoms with van der Waals surface area (Å²) in [4.78, 5) is 20.0. The Morgan fingerprint density at radius 2 is 1.50 bits per heavy atom. The van der Waals surface area contributed by atoms with Crippen molar-refractivity contribution in [2.75, 3.05) is 0 Å². The molecule has 0 atom stereocenters. The third kappa shape index (κ3) is 2.19. The second kappa shape index (κ2) is 3.52. The molecule has 0 aromatic heterocycles. The van der Waals surface area contributed by atoms with Crippen molar-refractivity contribution in [2.45, 2.75) is 0 Å². The van der Waals surface area contributed by atoms with E-state index < -0.39 is 11.8 Å². The van der Waals surface area contributed by atoms with Crippen LogP contribution >= 0.6 is 0 Å². The van der Waals surface area contributed by atoms with Gasteiger partial charge in [0.1, 0.15) is 0 Å². The van der Waals surface area contributed by atoms with E-state index in [0.29, 0.717) is 0 Å². The molecule has 0 saturated heterocycles. The first-order valence-electron chi connectivity index (χ1n) is 1.77. The van der Waals surface area contributed by atoms with E-state index in [1.807, 2.05) is 0 Å². The van der Waals surface area contributed by atoms with E-state index in [1.54, 1.807) is 0 Å². The molecule has 36 valence electrons. The van der Waals surface area contributed by atoms with Gasteiger partial charge in [-0.15, -0.1) is 0 Å². The van der Waals surface area contributed by atoms with Crippen LogP contribution in [0.4, 0.5) is 0 Å². The van der Waals surface area contributed by atoms with Crippen molar-refractivity contribution in [3.8, 4) is 0 Å². The standard InChI is InChI=1S/C4H3NO2.K/c6-3-1-2-4(7)5-3;/h1-2H,(H,5,6,7);/q;+1/p-1. The van der Waals surface area contributed by atoms with E-state index >= 15 is 0 Å². The van der Waals surface area contributed by atoms with Crippen LogP contribution in [-0.4, -0.2) is 11.8 Å². The van der Waals surface area contributed by atoms with Crippen molar-refractivity contribution in [2.24, 2.45) is 0 Å². The van der Waals surface area contributed by atoms with Crippen molar-refractivity contribution < 1.29 is 61.0 Å². The molecule has 3 nitrogen and oxygen atoms in total. The number of imide groups is 1. The zero-order valence-electron chi connectivity index (χ0n) is 4.42.